The van der Waals surface area contributed by atoms with Crippen LogP contribution in [0.4, 0.5) is 0 Å². The van der Waals surface area contributed by atoms with Crippen molar-refractivity contribution in [2.45, 2.75) is 0 Å². The summed E-state index contributed by atoms with van der Waals surface area (Å²) < 4.78 is 0. The molecule has 1 nitrogen and oxygen atoms in total. The summed E-state index contributed by atoms with van der Waals surface area (Å²) in [6, 6.07) is 18.7. The van der Waals surface area contributed by atoms with Gasteiger partial charge in [-0.15, -0.1) is 0 Å². The second-order valence-corrected chi connectivity index (χ2v) is 4.96. The molecule has 0 aliphatic carbocycles. The predicted molar refractivity (Wildman–Crippen MR) is 78.3 cm³/mol. The first-order valence-corrected chi connectivity index (χ1v) is 6.29. The molecule has 1 aromatic heterocycles. The molecule has 0 amide bonds. The van der Waals surface area contributed by atoms with Crippen LogP contribution in [-0.4, -0.2) is 4.98 Å². The van der Waals surface area contributed by atoms with E-state index in [1.807, 2.05) is 12.1 Å². The molecule has 1 heterocycles. The van der Waals surface area contributed by atoms with E-state index in [1.54, 1.807) is 0 Å². The van der Waals surface area contributed by atoms with Crippen LogP contribution in [0.3, 0.4) is 0 Å². The fourth-order valence-corrected chi connectivity index (χ4v) is 2.80. The fourth-order valence-electron chi connectivity index (χ4n) is 2.62. The second-order valence-electron chi connectivity index (χ2n) is 4.52. The van der Waals surface area contributed by atoms with Gasteiger partial charge in [-0.1, -0.05) is 48.0 Å². The van der Waals surface area contributed by atoms with Crippen LogP contribution in [0.5, 0.6) is 0 Å². The summed E-state index contributed by atoms with van der Waals surface area (Å²) >= 11 is 6.04. The van der Waals surface area contributed by atoms with E-state index in [-0.39, 0.29) is 0 Å². The average molecular weight is 252 g/mol. The maximum absolute atomic E-state index is 6.04. The number of halogens is 1. The first-order valence-electron chi connectivity index (χ1n) is 5.92. The van der Waals surface area contributed by atoms with E-state index in [4.69, 9.17) is 11.6 Å². The lowest BCUT2D eigenvalue weighted by atomic mass is 10.1. The molecule has 2 heteroatoms. The first kappa shape index (κ1) is 9.98. The summed E-state index contributed by atoms with van der Waals surface area (Å²) in [5.41, 5.74) is 2.36. The third kappa shape index (κ3) is 1.28. The summed E-state index contributed by atoms with van der Waals surface area (Å²) in [5.74, 6) is 0. The van der Waals surface area contributed by atoms with E-state index < -0.39 is 0 Å². The van der Waals surface area contributed by atoms with Gasteiger partial charge in [-0.05, 0) is 23.6 Å². The minimum atomic E-state index is 0.776. The molecule has 0 aliphatic rings. The van der Waals surface area contributed by atoms with E-state index in [0.717, 1.165) is 5.02 Å². The van der Waals surface area contributed by atoms with Crippen LogP contribution in [-0.2, 0) is 0 Å². The molecule has 4 rings (SSSR count). The van der Waals surface area contributed by atoms with Gasteiger partial charge in [0.1, 0.15) is 0 Å². The normalized spacial score (nSPS) is 11.6. The summed E-state index contributed by atoms with van der Waals surface area (Å²) in [6.45, 7) is 0. The van der Waals surface area contributed by atoms with Gasteiger partial charge in [-0.3, -0.25) is 0 Å². The van der Waals surface area contributed by atoms with Crippen molar-refractivity contribution in [2.24, 2.45) is 0 Å². The highest BCUT2D eigenvalue weighted by atomic mass is 35.5. The van der Waals surface area contributed by atoms with E-state index >= 15 is 0 Å². The molecule has 0 atom stereocenters. The lowest BCUT2D eigenvalue weighted by Gasteiger charge is -2.00. The number of rotatable bonds is 0. The van der Waals surface area contributed by atoms with E-state index in [1.165, 1.54) is 32.6 Å². The van der Waals surface area contributed by atoms with E-state index in [9.17, 15) is 0 Å². The molecule has 0 unspecified atom stereocenters. The highest BCUT2D eigenvalue weighted by Gasteiger charge is 2.06. The summed E-state index contributed by atoms with van der Waals surface area (Å²) in [4.78, 5) is 3.50. The number of H-pyrrole nitrogens is 1. The van der Waals surface area contributed by atoms with Crippen molar-refractivity contribution in [1.29, 1.82) is 0 Å². The monoisotopic (exact) mass is 251 g/mol. The topological polar surface area (TPSA) is 15.8 Å². The van der Waals surface area contributed by atoms with Crippen LogP contribution in [0.15, 0.2) is 54.6 Å². The Kier molecular flexibility index (Phi) is 1.94. The van der Waals surface area contributed by atoms with Gasteiger partial charge >= 0.3 is 0 Å². The lowest BCUT2D eigenvalue weighted by Crippen LogP contribution is -1.75. The standard InChI is InChI=1S/C16H10ClN/c17-11-6-8-12-10(9-11)5-7-14-13-3-1-2-4-15(13)18-16(12)14/h1-9,18H. The Morgan fingerprint density at radius 3 is 2.56 bits per heavy atom. The van der Waals surface area contributed by atoms with E-state index in [0.29, 0.717) is 0 Å². The first-order chi connectivity index (χ1) is 8.83. The van der Waals surface area contributed by atoms with Crippen LogP contribution >= 0.6 is 11.6 Å². The second kappa shape index (κ2) is 3.50. The molecule has 0 saturated carbocycles. The van der Waals surface area contributed by atoms with Crippen molar-refractivity contribution >= 4 is 44.2 Å². The van der Waals surface area contributed by atoms with Crippen LogP contribution in [0.25, 0.3) is 32.6 Å². The molecule has 3 aromatic carbocycles. The predicted octanol–water partition coefficient (Wildman–Crippen LogP) is 5.13. The molecular weight excluding hydrogens is 242 g/mol. The maximum atomic E-state index is 6.04. The Hall–Kier alpha value is -1.99. The van der Waals surface area contributed by atoms with Crippen LogP contribution in [0, 0.1) is 0 Å². The maximum Gasteiger partial charge on any atom is 0.0544 e. The Morgan fingerprint density at radius 1 is 0.778 bits per heavy atom. The largest absolute Gasteiger partial charge is 0.354 e. The van der Waals surface area contributed by atoms with Crippen molar-refractivity contribution in [1.82, 2.24) is 4.98 Å². The Morgan fingerprint density at radius 2 is 1.61 bits per heavy atom. The highest BCUT2D eigenvalue weighted by Crippen LogP contribution is 2.31. The third-order valence-electron chi connectivity index (χ3n) is 3.46. The molecule has 1 N–H and O–H groups in total. The molecule has 4 aromatic rings. The summed E-state index contributed by atoms with van der Waals surface area (Å²) in [6.07, 6.45) is 0. The van der Waals surface area contributed by atoms with Crippen molar-refractivity contribution in [2.75, 3.05) is 0 Å². The number of para-hydroxylation sites is 1. The minimum absolute atomic E-state index is 0.776. The van der Waals surface area contributed by atoms with Crippen LogP contribution in [0.1, 0.15) is 0 Å². The van der Waals surface area contributed by atoms with Gasteiger partial charge in [0, 0.05) is 26.7 Å². The Bertz CT molecular complexity index is 889. The van der Waals surface area contributed by atoms with Gasteiger partial charge in [-0.25, -0.2) is 0 Å². The molecule has 0 bridgehead atoms. The summed E-state index contributed by atoms with van der Waals surface area (Å²) in [5, 5.41) is 5.69. The molecule has 86 valence electrons. The number of nitrogens with one attached hydrogen (secondary N) is 1. The number of fused-ring (bicyclic) bond motifs is 5. The zero-order valence-corrected chi connectivity index (χ0v) is 10.3. The van der Waals surface area contributed by atoms with Crippen molar-refractivity contribution in [3.05, 3.63) is 59.6 Å². The van der Waals surface area contributed by atoms with Gasteiger partial charge < -0.3 is 4.98 Å². The Labute approximate surface area is 109 Å². The average Bonchev–Trinajstić information content (AvgIpc) is 2.77. The van der Waals surface area contributed by atoms with Crippen molar-refractivity contribution < 1.29 is 0 Å². The zero-order chi connectivity index (χ0) is 12.1. The quantitative estimate of drug-likeness (QED) is 0.446. The smallest absolute Gasteiger partial charge is 0.0544 e. The number of aromatic amines is 1. The number of hydrogen-bond donors (Lipinski definition) is 1. The van der Waals surface area contributed by atoms with Gasteiger partial charge in [-0.2, -0.15) is 0 Å². The third-order valence-corrected chi connectivity index (χ3v) is 3.69. The molecule has 0 fully saturated rings. The van der Waals surface area contributed by atoms with Crippen molar-refractivity contribution in [3.63, 3.8) is 0 Å². The number of hydrogen-bond acceptors (Lipinski definition) is 0. The molecular formula is C16H10ClN. The molecule has 0 aliphatic heterocycles. The van der Waals surface area contributed by atoms with Gasteiger partial charge in [0.15, 0.2) is 0 Å². The SMILES string of the molecule is Clc1ccc2c(ccc3c4ccccc4[nH]c23)c1. The Balaban J connectivity index is 2.28. The summed E-state index contributed by atoms with van der Waals surface area (Å²) in [7, 11) is 0. The minimum Gasteiger partial charge on any atom is -0.354 e. The zero-order valence-electron chi connectivity index (χ0n) is 9.57. The molecule has 18 heavy (non-hydrogen) atoms. The highest BCUT2D eigenvalue weighted by molar-refractivity contribution is 6.31. The fraction of sp³-hybridized carbons (Fsp3) is 0. The van der Waals surface area contributed by atoms with Crippen LogP contribution < -0.4 is 0 Å². The number of aromatic nitrogens is 1. The molecule has 0 radical (unpaired) electrons. The van der Waals surface area contributed by atoms with Gasteiger partial charge in [0.2, 0.25) is 0 Å². The lowest BCUT2D eigenvalue weighted by molar-refractivity contribution is 1.56. The van der Waals surface area contributed by atoms with Crippen LogP contribution in [0.2, 0.25) is 5.02 Å². The van der Waals surface area contributed by atoms with E-state index in [2.05, 4.69) is 47.4 Å². The molecule has 0 saturated heterocycles. The molecule has 0 spiro atoms. The van der Waals surface area contributed by atoms with Gasteiger partial charge in [0.05, 0.1) is 5.52 Å². The van der Waals surface area contributed by atoms with Crippen molar-refractivity contribution in [3.8, 4) is 0 Å². The number of benzene rings is 3. The van der Waals surface area contributed by atoms with Gasteiger partial charge in [0.25, 0.3) is 0 Å².